The first-order valence-corrected chi connectivity index (χ1v) is 10.5. The van der Waals surface area contributed by atoms with Crippen molar-refractivity contribution >= 4 is 27.5 Å². The van der Waals surface area contributed by atoms with E-state index in [1.165, 1.54) is 34.5 Å². The van der Waals surface area contributed by atoms with Gasteiger partial charge in [-0.15, -0.1) is 11.3 Å². The number of aromatic nitrogens is 3. The molecule has 0 atom stereocenters. The van der Waals surface area contributed by atoms with Crippen LogP contribution in [-0.4, -0.2) is 32.2 Å². The van der Waals surface area contributed by atoms with E-state index in [9.17, 15) is 19.5 Å². The van der Waals surface area contributed by atoms with Crippen LogP contribution in [-0.2, 0) is 24.9 Å². The smallest absolute Gasteiger partial charge is 0.271 e. The summed E-state index contributed by atoms with van der Waals surface area (Å²) < 4.78 is 8.43. The Kier molecular flexibility index (Phi) is 5.78. The van der Waals surface area contributed by atoms with Gasteiger partial charge in [0.2, 0.25) is 11.3 Å². The van der Waals surface area contributed by atoms with Gasteiger partial charge in [-0.05, 0) is 35.9 Å². The Morgan fingerprint density at radius 1 is 1.22 bits per heavy atom. The van der Waals surface area contributed by atoms with E-state index in [0.717, 1.165) is 16.2 Å². The Balaban J connectivity index is 1.51. The van der Waals surface area contributed by atoms with Crippen LogP contribution >= 0.6 is 11.3 Å². The maximum Gasteiger partial charge on any atom is 0.271 e. The number of aromatic hydroxyl groups is 1. The van der Waals surface area contributed by atoms with Gasteiger partial charge < -0.3 is 19.7 Å². The predicted octanol–water partition coefficient (Wildman–Crippen LogP) is 1.85. The van der Waals surface area contributed by atoms with Crippen molar-refractivity contribution in [1.29, 1.82) is 0 Å². The quantitative estimate of drug-likeness (QED) is 0.461. The molecule has 2 N–H and O–H groups in total. The van der Waals surface area contributed by atoms with Crippen molar-refractivity contribution < 1.29 is 14.6 Å². The largest absolute Gasteiger partial charge is 0.503 e. The molecule has 1 aromatic carbocycles. The van der Waals surface area contributed by atoms with Crippen LogP contribution in [0.4, 0.5) is 0 Å². The van der Waals surface area contributed by atoms with Crippen molar-refractivity contribution in [2.24, 2.45) is 7.05 Å². The highest BCUT2D eigenvalue weighted by atomic mass is 32.1. The van der Waals surface area contributed by atoms with Crippen LogP contribution in [0.5, 0.6) is 11.5 Å². The average Bonchev–Trinajstić information content (AvgIpc) is 3.22. The zero-order valence-corrected chi connectivity index (χ0v) is 18.2. The summed E-state index contributed by atoms with van der Waals surface area (Å²) in [6.07, 6.45) is 2.63. The number of methoxy groups -OCH3 is 1. The number of pyridine rings is 1. The summed E-state index contributed by atoms with van der Waals surface area (Å²) in [6.45, 7) is -0.126. The third-order valence-electron chi connectivity index (χ3n) is 4.98. The molecular weight excluding hydrogens is 432 g/mol. The van der Waals surface area contributed by atoms with E-state index >= 15 is 0 Å². The van der Waals surface area contributed by atoms with Crippen LogP contribution in [0.2, 0.25) is 0 Å². The average molecular weight is 452 g/mol. The summed E-state index contributed by atoms with van der Waals surface area (Å²) in [6, 6.07) is 10.6. The number of benzene rings is 1. The lowest BCUT2D eigenvalue weighted by atomic mass is 10.2. The lowest BCUT2D eigenvalue weighted by Crippen LogP contribution is -2.32. The number of nitrogens with one attached hydrogen (secondary N) is 1. The molecule has 0 spiro atoms. The van der Waals surface area contributed by atoms with Crippen LogP contribution in [0.1, 0.15) is 5.69 Å². The van der Waals surface area contributed by atoms with Gasteiger partial charge in [0.15, 0.2) is 5.75 Å². The molecular formula is C22H20N4O5S. The molecule has 9 nitrogen and oxygen atoms in total. The molecule has 10 heteroatoms. The van der Waals surface area contributed by atoms with Gasteiger partial charge >= 0.3 is 0 Å². The molecule has 0 saturated heterocycles. The van der Waals surface area contributed by atoms with Gasteiger partial charge in [-0.1, -0.05) is 0 Å². The van der Waals surface area contributed by atoms with Crippen LogP contribution in [0.15, 0.2) is 58.5 Å². The fourth-order valence-corrected chi connectivity index (χ4v) is 4.25. The standard InChI is InChI=1S/C22H20N4O5S/c1-25-10-18(28)17(27)7-14(25)9-23-20(29)11-26-12-24-16-8-19(32-21(16)22(26)30)13-3-5-15(31-2)6-4-13/h3-8,10,12,28H,9,11H2,1-2H3,(H,23,29). The number of thiophene rings is 1. The molecule has 32 heavy (non-hydrogen) atoms. The van der Waals surface area contributed by atoms with Gasteiger partial charge in [0.25, 0.3) is 5.56 Å². The summed E-state index contributed by atoms with van der Waals surface area (Å²) in [7, 11) is 3.25. The van der Waals surface area contributed by atoms with Crippen molar-refractivity contribution in [1.82, 2.24) is 19.4 Å². The van der Waals surface area contributed by atoms with E-state index in [2.05, 4.69) is 10.3 Å². The van der Waals surface area contributed by atoms with Crippen molar-refractivity contribution in [3.8, 4) is 21.9 Å². The summed E-state index contributed by atoms with van der Waals surface area (Å²) in [4.78, 5) is 42.1. The van der Waals surface area contributed by atoms with Crippen molar-refractivity contribution in [3.05, 3.63) is 75.2 Å². The zero-order valence-electron chi connectivity index (χ0n) is 17.4. The fraction of sp³-hybridized carbons (Fsp3) is 0.182. The molecule has 0 bridgehead atoms. The first kappa shape index (κ1) is 21.3. The first-order valence-electron chi connectivity index (χ1n) is 9.64. The zero-order chi connectivity index (χ0) is 22.8. The molecule has 0 aliphatic carbocycles. The van der Waals surface area contributed by atoms with Gasteiger partial charge in [0, 0.05) is 29.9 Å². The van der Waals surface area contributed by atoms with E-state index in [0.29, 0.717) is 15.9 Å². The van der Waals surface area contributed by atoms with Crippen LogP contribution in [0.25, 0.3) is 20.7 Å². The highest BCUT2D eigenvalue weighted by Crippen LogP contribution is 2.31. The number of carbonyl (C=O) groups is 1. The Labute approximate surface area is 186 Å². The lowest BCUT2D eigenvalue weighted by Gasteiger charge is -2.11. The maximum atomic E-state index is 12.9. The van der Waals surface area contributed by atoms with Crippen molar-refractivity contribution in [2.75, 3.05) is 7.11 Å². The second-order valence-corrected chi connectivity index (χ2v) is 8.19. The van der Waals surface area contributed by atoms with Crippen LogP contribution in [0, 0.1) is 0 Å². The maximum absolute atomic E-state index is 12.9. The Morgan fingerprint density at radius 2 is 1.97 bits per heavy atom. The Morgan fingerprint density at radius 3 is 2.69 bits per heavy atom. The minimum Gasteiger partial charge on any atom is -0.503 e. The van der Waals surface area contributed by atoms with Crippen LogP contribution < -0.4 is 21.0 Å². The molecule has 1 amide bonds. The Hall–Kier alpha value is -3.92. The summed E-state index contributed by atoms with van der Waals surface area (Å²) in [5.41, 5.74) is 1.21. The molecule has 3 heterocycles. The topological polar surface area (TPSA) is 115 Å². The van der Waals surface area contributed by atoms with Crippen LogP contribution in [0.3, 0.4) is 0 Å². The number of nitrogens with zero attached hydrogens (tertiary/aromatic N) is 3. The summed E-state index contributed by atoms with van der Waals surface area (Å²) >= 11 is 1.32. The number of fused-ring (bicyclic) bond motifs is 1. The van der Waals surface area contributed by atoms with E-state index in [1.807, 2.05) is 30.3 Å². The number of rotatable bonds is 6. The third kappa shape index (κ3) is 4.26. The van der Waals surface area contributed by atoms with Gasteiger partial charge in [-0.25, -0.2) is 4.98 Å². The molecule has 0 aliphatic rings. The molecule has 0 radical (unpaired) electrons. The monoisotopic (exact) mass is 452 g/mol. The molecule has 0 unspecified atom stereocenters. The lowest BCUT2D eigenvalue weighted by molar-refractivity contribution is -0.121. The number of carbonyl (C=O) groups excluding carboxylic acids is 1. The number of hydrogen-bond acceptors (Lipinski definition) is 7. The van der Waals surface area contributed by atoms with E-state index in [-0.39, 0.29) is 24.4 Å². The van der Waals surface area contributed by atoms with E-state index in [1.54, 1.807) is 18.7 Å². The first-order chi connectivity index (χ1) is 15.4. The molecule has 164 valence electrons. The second-order valence-electron chi connectivity index (χ2n) is 7.13. The van der Waals surface area contributed by atoms with E-state index in [4.69, 9.17) is 4.74 Å². The SMILES string of the molecule is COc1ccc(-c2cc3ncn(CC(=O)NCc4cc(=O)c(O)cn4C)c(=O)c3s2)cc1. The van der Waals surface area contributed by atoms with Crippen molar-refractivity contribution in [2.45, 2.75) is 13.1 Å². The predicted molar refractivity (Wildman–Crippen MR) is 121 cm³/mol. The minimum absolute atomic E-state index is 0.0793. The van der Waals surface area contributed by atoms with Crippen molar-refractivity contribution in [3.63, 3.8) is 0 Å². The summed E-state index contributed by atoms with van der Waals surface area (Å²) in [5.74, 6) is -0.0205. The molecule has 0 fully saturated rings. The number of amides is 1. The number of ether oxygens (including phenoxy) is 1. The highest BCUT2D eigenvalue weighted by molar-refractivity contribution is 7.22. The van der Waals surface area contributed by atoms with E-state index < -0.39 is 11.3 Å². The minimum atomic E-state index is -0.524. The molecule has 0 saturated carbocycles. The third-order valence-corrected chi connectivity index (χ3v) is 6.14. The highest BCUT2D eigenvalue weighted by Gasteiger charge is 2.13. The van der Waals surface area contributed by atoms with Gasteiger partial charge in [-0.3, -0.25) is 19.0 Å². The molecule has 3 aromatic heterocycles. The summed E-state index contributed by atoms with van der Waals surface area (Å²) in [5, 5.41) is 12.1. The fourth-order valence-electron chi connectivity index (χ4n) is 3.19. The Bertz CT molecular complexity index is 1420. The molecule has 0 aliphatic heterocycles. The molecule has 4 aromatic rings. The normalized spacial score (nSPS) is 10.9. The van der Waals surface area contributed by atoms with Gasteiger partial charge in [-0.2, -0.15) is 0 Å². The number of aryl methyl sites for hydroxylation is 1. The number of hydrogen-bond donors (Lipinski definition) is 2. The molecule has 4 rings (SSSR count). The van der Waals surface area contributed by atoms with Gasteiger partial charge in [0.05, 0.1) is 25.5 Å². The van der Waals surface area contributed by atoms with Gasteiger partial charge in [0.1, 0.15) is 17.0 Å². The second kappa shape index (κ2) is 8.67.